The van der Waals surface area contributed by atoms with Crippen molar-refractivity contribution in [1.29, 1.82) is 5.26 Å². The Bertz CT molecular complexity index is 1110. The molecule has 6 heteroatoms. The van der Waals surface area contributed by atoms with Crippen molar-refractivity contribution < 1.29 is 0 Å². The molecule has 2 aromatic carbocycles. The monoisotopic (exact) mass is 503 g/mol. The zero-order chi connectivity index (χ0) is 24.7. The quantitative estimate of drug-likeness (QED) is 0.594. The van der Waals surface area contributed by atoms with E-state index in [1.165, 1.54) is 69.7 Å². The van der Waals surface area contributed by atoms with E-state index in [0.29, 0.717) is 22.0 Å². The zero-order valence-electron chi connectivity index (χ0n) is 21.4. The molecular formula is C30H38ClN5. The van der Waals surface area contributed by atoms with Crippen molar-refractivity contribution in [3.8, 4) is 6.07 Å². The Morgan fingerprint density at radius 1 is 0.889 bits per heavy atom. The first-order chi connectivity index (χ1) is 17.5. The van der Waals surface area contributed by atoms with Crippen LogP contribution in [0.3, 0.4) is 0 Å². The number of nitrogens with zero attached hydrogens (tertiary/aromatic N) is 4. The Morgan fingerprint density at radius 3 is 2.06 bits per heavy atom. The van der Waals surface area contributed by atoms with Crippen LogP contribution in [0.1, 0.15) is 44.6 Å². The molecule has 4 aliphatic rings. The Kier molecular flexibility index (Phi) is 6.52. The highest BCUT2D eigenvalue weighted by Gasteiger charge is 2.44. The zero-order valence-corrected chi connectivity index (χ0v) is 22.2. The van der Waals surface area contributed by atoms with E-state index >= 15 is 0 Å². The fourth-order valence-electron chi connectivity index (χ4n) is 7.19. The van der Waals surface area contributed by atoms with Gasteiger partial charge in [0.25, 0.3) is 0 Å². The number of halogens is 1. The summed E-state index contributed by atoms with van der Waals surface area (Å²) in [6, 6.07) is 17.9. The normalized spacial score (nSPS) is 24.7. The molecule has 1 atom stereocenters. The van der Waals surface area contributed by atoms with E-state index in [1.807, 2.05) is 12.1 Å². The fraction of sp³-hybridized carbons (Fsp3) is 0.567. The van der Waals surface area contributed by atoms with E-state index in [-0.39, 0.29) is 0 Å². The van der Waals surface area contributed by atoms with Gasteiger partial charge in [-0.25, -0.2) is 0 Å². The molecule has 4 aliphatic heterocycles. The number of nitrogens with one attached hydrogen (secondary N) is 1. The summed E-state index contributed by atoms with van der Waals surface area (Å²) >= 11 is 6.35. The highest BCUT2D eigenvalue weighted by molar-refractivity contribution is 6.32. The largest absolute Gasteiger partial charge is 0.372 e. The highest BCUT2D eigenvalue weighted by Crippen LogP contribution is 2.46. The molecule has 5 nitrogen and oxygen atoms in total. The first kappa shape index (κ1) is 23.9. The summed E-state index contributed by atoms with van der Waals surface area (Å²) < 4.78 is 0. The number of hydrogen-bond donors (Lipinski definition) is 1. The number of anilines is 3. The maximum absolute atomic E-state index is 9.21. The van der Waals surface area contributed by atoms with Gasteiger partial charge in [0, 0.05) is 55.8 Å². The number of benzene rings is 2. The molecule has 4 saturated heterocycles. The standard InChI is InChI=1S/C30H38ClN5/c1-22-17-30(21-36(22)28-3-2-24(18-32)29(31)16-28)10-14-35(15-11-30)27-6-4-26(5-7-27)34-12-8-23(9-13-34)25-19-33-20-25/h2-7,16,22-23,25,33H,8-15,17,19-21H2,1H3/t22-/m0/s1. The van der Waals surface area contributed by atoms with Gasteiger partial charge < -0.3 is 20.0 Å². The third kappa shape index (κ3) is 4.55. The topological polar surface area (TPSA) is 45.5 Å². The summed E-state index contributed by atoms with van der Waals surface area (Å²) in [7, 11) is 0. The molecule has 0 aromatic heterocycles. The van der Waals surface area contributed by atoms with Gasteiger partial charge in [-0.3, -0.25) is 0 Å². The van der Waals surface area contributed by atoms with Gasteiger partial charge in [0.05, 0.1) is 10.6 Å². The van der Waals surface area contributed by atoms with Crippen LogP contribution in [-0.4, -0.2) is 51.9 Å². The van der Waals surface area contributed by atoms with Gasteiger partial charge in [-0.2, -0.15) is 5.26 Å². The summed E-state index contributed by atoms with van der Waals surface area (Å²) in [5, 5.41) is 13.2. The van der Waals surface area contributed by atoms with E-state index in [1.54, 1.807) is 0 Å². The minimum absolute atomic E-state index is 0.372. The maximum Gasteiger partial charge on any atom is 0.101 e. The molecular weight excluding hydrogens is 466 g/mol. The third-order valence-corrected chi connectivity index (χ3v) is 9.91. The van der Waals surface area contributed by atoms with Crippen LogP contribution in [0.4, 0.5) is 17.1 Å². The summed E-state index contributed by atoms with van der Waals surface area (Å²) in [6.45, 7) is 10.5. The molecule has 0 aliphatic carbocycles. The Labute approximate surface area is 221 Å². The van der Waals surface area contributed by atoms with Gasteiger partial charge in [0.15, 0.2) is 0 Å². The number of hydrogen-bond acceptors (Lipinski definition) is 5. The van der Waals surface area contributed by atoms with Gasteiger partial charge in [-0.15, -0.1) is 0 Å². The van der Waals surface area contributed by atoms with Crippen LogP contribution in [0, 0.1) is 28.6 Å². The Hall–Kier alpha value is -2.42. The number of rotatable bonds is 4. The summed E-state index contributed by atoms with van der Waals surface area (Å²) in [5.41, 5.74) is 4.83. The molecule has 0 unspecified atom stereocenters. The summed E-state index contributed by atoms with van der Waals surface area (Å²) in [6.07, 6.45) is 6.36. The van der Waals surface area contributed by atoms with E-state index in [9.17, 15) is 5.26 Å². The van der Waals surface area contributed by atoms with Crippen LogP contribution in [0.5, 0.6) is 0 Å². The first-order valence-corrected chi connectivity index (χ1v) is 14.2. The molecule has 0 radical (unpaired) electrons. The Morgan fingerprint density at radius 2 is 1.50 bits per heavy atom. The van der Waals surface area contributed by atoms with Gasteiger partial charge in [-0.1, -0.05) is 11.6 Å². The second-order valence-corrected chi connectivity index (χ2v) is 12.1. The van der Waals surface area contributed by atoms with Crippen LogP contribution in [0.25, 0.3) is 0 Å². The van der Waals surface area contributed by atoms with Crippen molar-refractivity contribution in [1.82, 2.24) is 5.32 Å². The molecule has 36 heavy (non-hydrogen) atoms. The second kappa shape index (κ2) is 9.80. The summed E-state index contributed by atoms with van der Waals surface area (Å²) in [4.78, 5) is 7.67. The lowest BCUT2D eigenvalue weighted by Crippen LogP contribution is -2.49. The SMILES string of the molecule is C[C@H]1CC2(CCN(c3ccc(N4CCC(C5CNC5)CC4)cc3)CC2)CN1c1ccc(C#N)c(Cl)c1. The minimum atomic E-state index is 0.372. The van der Waals surface area contributed by atoms with Crippen LogP contribution in [0.15, 0.2) is 42.5 Å². The molecule has 4 fully saturated rings. The van der Waals surface area contributed by atoms with Crippen LogP contribution in [0.2, 0.25) is 5.02 Å². The van der Waals surface area contributed by atoms with Crippen LogP contribution in [-0.2, 0) is 0 Å². The molecule has 4 heterocycles. The van der Waals surface area contributed by atoms with Crippen molar-refractivity contribution in [2.75, 3.05) is 60.5 Å². The molecule has 0 amide bonds. The highest BCUT2D eigenvalue weighted by atomic mass is 35.5. The smallest absolute Gasteiger partial charge is 0.101 e. The lowest BCUT2D eigenvalue weighted by molar-refractivity contribution is 0.200. The molecule has 2 aromatic rings. The number of piperidine rings is 2. The average molecular weight is 504 g/mol. The number of nitriles is 1. The molecule has 190 valence electrons. The van der Waals surface area contributed by atoms with Crippen LogP contribution < -0.4 is 20.0 Å². The summed E-state index contributed by atoms with van der Waals surface area (Å²) in [5.74, 6) is 1.85. The third-order valence-electron chi connectivity index (χ3n) is 9.59. The molecule has 1 N–H and O–H groups in total. The maximum atomic E-state index is 9.21. The van der Waals surface area contributed by atoms with Gasteiger partial charge in [0.1, 0.15) is 6.07 Å². The minimum Gasteiger partial charge on any atom is -0.372 e. The molecule has 0 saturated carbocycles. The van der Waals surface area contributed by atoms with E-state index < -0.39 is 0 Å². The van der Waals surface area contributed by atoms with Gasteiger partial charge in [0.2, 0.25) is 0 Å². The van der Waals surface area contributed by atoms with E-state index in [0.717, 1.165) is 37.2 Å². The van der Waals surface area contributed by atoms with E-state index in [4.69, 9.17) is 11.6 Å². The van der Waals surface area contributed by atoms with Gasteiger partial charge >= 0.3 is 0 Å². The lowest BCUT2D eigenvalue weighted by atomic mass is 9.76. The van der Waals surface area contributed by atoms with Crippen molar-refractivity contribution >= 4 is 28.7 Å². The van der Waals surface area contributed by atoms with Crippen molar-refractivity contribution in [3.05, 3.63) is 53.1 Å². The fourth-order valence-corrected chi connectivity index (χ4v) is 7.40. The van der Waals surface area contributed by atoms with Crippen molar-refractivity contribution in [3.63, 3.8) is 0 Å². The second-order valence-electron chi connectivity index (χ2n) is 11.7. The molecule has 6 rings (SSSR count). The first-order valence-electron chi connectivity index (χ1n) is 13.8. The lowest BCUT2D eigenvalue weighted by Gasteiger charge is -2.41. The predicted molar refractivity (Wildman–Crippen MR) is 149 cm³/mol. The van der Waals surface area contributed by atoms with Crippen molar-refractivity contribution in [2.24, 2.45) is 17.3 Å². The van der Waals surface area contributed by atoms with Crippen LogP contribution >= 0.6 is 11.6 Å². The van der Waals surface area contributed by atoms with Crippen molar-refractivity contribution in [2.45, 2.75) is 45.1 Å². The molecule has 1 spiro atoms. The predicted octanol–water partition coefficient (Wildman–Crippen LogP) is 5.53. The molecule has 0 bridgehead atoms. The Balaban J connectivity index is 1.04. The van der Waals surface area contributed by atoms with E-state index in [2.05, 4.69) is 63.3 Å². The average Bonchev–Trinajstić information content (AvgIpc) is 3.19. The van der Waals surface area contributed by atoms with Gasteiger partial charge in [-0.05, 0) is 112 Å².